The Morgan fingerprint density at radius 1 is 1.02 bits per heavy atom. The Balaban J connectivity index is 1.27. The Labute approximate surface area is 235 Å². The minimum Gasteiger partial charge on any atom is -0.493 e. The summed E-state index contributed by atoms with van der Waals surface area (Å²) in [6.45, 7) is 8.20. The standard InChI is InChI=1S/C30H40N6O4/c1-3-4-5-19-40-27-20-24(7-8-26(27)39-2)36-14-6-13-35(30(36)38)21-23-9-11-32-29-25(23)10-15-34(29)18-17-33-16-12-31-28(37)22-33/h7-11,15,20H,3-6,12-14,16-19,21-22H2,1-2H3,(H,31,37). The molecule has 2 fully saturated rings. The number of hydrogen-bond acceptors (Lipinski definition) is 6. The molecule has 1 N–H and O–H groups in total. The normalized spacial score (nSPS) is 16.4. The number of pyridine rings is 1. The number of benzene rings is 1. The van der Waals surface area contributed by atoms with Gasteiger partial charge in [0.25, 0.3) is 0 Å². The van der Waals surface area contributed by atoms with Crippen molar-refractivity contribution in [1.29, 1.82) is 0 Å². The Morgan fingerprint density at radius 3 is 2.75 bits per heavy atom. The van der Waals surface area contributed by atoms with E-state index in [9.17, 15) is 9.59 Å². The first-order chi connectivity index (χ1) is 19.6. The van der Waals surface area contributed by atoms with E-state index in [-0.39, 0.29) is 11.9 Å². The van der Waals surface area contributed by atoms with E-state index in [2.05, 4.69) is 39.0 Å². The molecule has 3 amide bonds. The van der Waals surface area contributed by atoms with Gasteiger partial charge in [0, 0.05) is 75.3 Å². The van der Waals surface area contributed by atoms with E-state index < -0.39 is 0 Å². The van der Waals surface area contributed by atoms with Gasteiger partial charge in [-0.1, -0.05) is 19.8 Å². The molecule has 0 unspecified atom stereocenters. The van der Waals surface area contributed by atoms with Crippen molar-refractivity contribution < 1.29 is 19.1 Å². The molecule has 0 spiro atoms. The zero-order valence-corrected chi connectivity index (χ0v) is 23.6. The van der Waals surface area contributed by atoms with Crippen LogP contribution in [0, 0.1) is 0 Å². The topological polar surface area (TPSA) is 92.2 Å². The highest BCUT2D eigenvalue weighted by Gasteiger charge is 2.28. The number of rotatable bonds is 12. The highest BCUT2D eigenvalue weighted by atomic mass is 16.5. The van der Waals surface area contributed by atoms with Gasteiger partial charge in [-0.15, -0.1) is 0 Å². The van der Waals surface area contributed by atoms with E-state index in [4.69, 9.17) is 9.47 Å². The monoisotopic (exact) mass is 548 g/mol. The van der Waals surface area contributed by atoms with Crippen LogP contribution in [0.15, 0.2) is 42.7 Å². The number of nitrogens with one attached hydrogen (secondary N) is 1. The smallest absolute Gasteiger partial charge is 0.324 e. The van der Waals surface area contributed by atoms with Crippen LogP contribution in [0.1, 0.15) is 38.2 Å². The SMILES string of the molecule is CCCCCOc1cc(N2CCCN(Cc3ccnc4c3ccn4CCN3CCNC(=O)C3)C2=O)ccc1OC. The number of unbranched alkanes of at least 4 members (excludes halogenated alkanes) is 2. The number of aromatic nitrogens is 2. The third kappa shape index (κ3) is 6.33. The largest absolute Gasteiger partial charge is 0.493 e. The van der Waals surface area contributed by atoms with Crippen molar-refractivity contribution in [2.24, 2.45) is 0 Å². The van der Waals surface area contributed by atoms with Crippen molar-refractivity contribution >= 4 is 28.7 Å². The lowest BCUT2D eigenvalue weighted by Crippen LogP contribution is -2.49. The van der Waals surface area contributed by atoms with Gasteiger partial charge in [0.15, 0.2) is 11.5 Å². The molecular formula is C30H40N6O4. The van der Waals surface area contributed by atoms with Gasteiger partial charge in [0.1, 0.15) is 5.65 Å². The number of methoxy groups -OCH3 is 1. The molecule has 0 radical (unpaired) electrons. The highest BCUT2D eigenvalue weighted by molar-refractivity contribution is 5.93. The van der Waals surface area contributed by atoms with Gasteiger partial charge in [-0.2, -0.15) is 0 Å². The fourth-order valence-corrected chi connectivity index (χ4v) is 5.45. The van der Waals surface area contributed by atoms with Crippen LogP contribution in [0.5, 0.6) is 11.5 Å². The van der Waals surface area contributed by atoms with E-state index in [1.54, 1.807) is 7.11 Å². The Kier molecular flexibility index (Phi) is 9.05. The van der Waals surface area contributed by atoms with Crippen molar-refractivity contribution in [3.63, 3.8) is 0 Å². The molecule has 1 aromatic carbocycles. The van der Waals surface area contributed by atoms with Gasteiger partial charge in [0.05, 0.1) is 20.3 Å². The average Bonchev–Trinajstić information content (AvgIpc) is 3.39. The summed E-state index contributed by atoms with van der Waals surface area (Å²) in [4.78, 5) is 35.9. The molecule has 0 atom stereocenters. The van der Waals surface area contributed by atoms with Crippen LogP contribution in [-0.2, 0) is 17.9 Å². The predicted octanol–water partition coefficient (Wildman–Crippen LogP) is 3.88. The van der Waals surface area contributed by atoms with Gasteiger partial charge in [-0.25, -0.2) is 9.78 Å². The van der Waals surface area contributed by atoms with Gasteiger partial charge in [-0.3, -0.25) is 14.6 Å². The third-order valence-electron chi connectivity index (χ3n) is 7.66. The van der Waals surface area contributed by atoms with Crippen LogP contribution in [0.25, 0.3) is 11.0 Å². The van der Waals surface area contributed by atoms with Crippen molar-refractivity contribution in [3.8, 4) is 11.5 Å². The van der Waals surface area contributed by atoms with Gasteiger partial charge >= 0.3 is 6.03 Å². The summed E-state index contributed by atoms with van der Waals surface area (Å²) in [6, 6.07) is 9.80. The van der Waals surface area contributed by atoms with Crippen molar-refractivity contribution in [2.75, 3.05) is 57.9 Å². The summed E-state index contributed by atoms with van der Waals surface area (Å²) in [5.74, 6) is 1.42. The second-order valence-electron chi connectivity index (χ2n) is 10.4. The predicted molar refractivity (Wildman–Crippen MR) is 155 cm³/mol. The van der Waals surface area contributed by atoms with Crippen LogP contribution in [0.3, 0.4) is 0 Å². The number of anilines is 1. The quantitative estimate of drug-likeness (QED) is 0.346. The van der Waals surface area contributed by atoms with Gasteiger partial charge in [-0.05, 0) is 42.7 Å². The van der Waals surface area contributed by atoms with E-state index in [1.807, 2.05) is 40.3 Å². The Bertz CT molecular complexity index is 1320. The minimum atomic E-state index is -0.0129. The van der Waals surface area contributed by atoms with Gasteiger partial charge < -0.3 is 24.3 Å². The van der Waals surface area contributed by atoms with Crippen LogP contribution in [0.4, 0.5) is 10.5 Å². The zero-order chi connectivity index (χ0) is 27.9. The zero-order valence-electron chi connectivity index (χ0n) is 23.6. The fourth-order valence-electron chi connectivity index (χ4n) is 5.45. The summed E-state index contributed by atoms with van der Waals surface area (Å²) >= 11 is 0. The molecule has 10 nitrogen and oxygen atoms in total. The number of hydrogen-bond donors (Lipinski definition) is 1. The van der Waals surface area contributed by atoms with Crippen LogP contribution in [0.2, 0.25) is 0 Å². The molecule has 4 heterocycles. The number of urea groups is 1. The first-order valence-corrected chi connectivity index (χ1v) is 14.4. The lowest BCUT2D eigenvalue weighted by Gasteiger charge is -2.36. The summed E-state index contributed by atoms with van der Waals surface area (Å²) in [5.41, 5.74) is 2.80. The lowest BCUT2D eigenvalue weighted by molar-refractivity contribution is -0.124. The highest BCUT2D eigenvalue weighted by Crippen LogP contribution is 2.33. The summed E-state index contributed by atoms with van der Waals surface area (Å²) in [7, 11) is 1.64. The molecule has 2 aliphatic heterocycles. The van der Waals surface area contributed by atoms with E-state index in [0.29, 0.717) is 50.8 Å². The fraction of sp³-hybridized carbons (Fsp3) is 0.500. The van der Waals surface area contributed by atoms with Crippen LogP contribution in [-0.4, -0.2) is 84.3 Å². The summed E-state index contributed by atoms with van der Waals surface area (Å²) in [5, 5.41) is 3.92. The maximum Gasteiger partial charge on any atom is 0.324 e. The number of amides is 3. The van der Waals surface area contributed by atoms with E-state index in [0.717, 1.165) is 67.6 Å². The summed E-state index contributed by atoms with van der Waals surface area (Å²) in [6.07, 6.45) is 7.98. The number of ether oxygens (including phenoxy) is 2. The second kappa shape index (κ2) is 13.0. The van der Waals surface area contributed by atoms with Crippen molar-refractivity contribution in [3.05, 3.63) is 48.3 Å². The molecule has 0 bridgehead atoms. The molecule has 3 aromatic rings. The molecule has 214 valence electrons. The van der Waals surface area contributed by atoms with Gasteiger partial charge in [0.2, 0.25) is 5.91 Å². The maximum absolute atomic E-state index is 13.7. The summed E-state index contributed by atoms with van der Waals surface area (Å²) < 4.78 is 13.7. The average molecular weight is 549 g/mol. The molecule has 5 rings (SSSR count). The number of carbonyl (C=O) groups excluding carboxylic acids is 2. The molecule has 2 saturated heterocycles. The molecule has 2 aromatic heterocycles. The second-order valence-corrected chi connectivity index (χ2v) is 10.4. The first kappa shape index (κ1) is 27.8. The number of fused-ring (bicyclic) bond motifs is 1. The number of carbonyl (C=O) groups is 2. The molecule has 10 heteroatoms. The van der Waals surface area contributed by atoms with Crippen LogP contribution >= 0.6 is 0 Å². The van der Waals surface area contributed by atoms with E-state index >= 15 is 0 Å². The maximum atomic E-state index is 13.7. The number of piperazine rings is 1. The van der Waals surface area contributed by atoms with Crippen molar-refractivity contribution in [2.45, 2.75) is 45.7 Å². The first-order valence-electron chi connectivity index (χ1n) is 14.4. The third-order valence-corrected chi connectivity index (χ3v) is 7.66. The Morgan fingerprint density at radius 2 is 1.93 bits per heavy atom. The Hall–Kier alpha value is -3.79. The molecule has 0 saturated carbocycles. The number of nitrogens with zero attached hydrogens (tertiary/aromatic N) is 5. The van der Waals surface area contributed by atoms with Crippen molar-refractivity contribution in [1.82, 2.24) is 24.7 Å². The van der Waals surface area contributed by atoms with E-state index in [1.165, 1.54) is 0 Å². The molecule has 40 heavy (non-hydrogen) atoms. The molecule has 0 aliphatic carbocycles. The molecule has 2 aliphatic rings. The minimum absolute atomic E-state index is 0.0129. The lowest BCUT2D eigenvalue weighted by atomic mass is 10.1. The molecular weight excluding hydrogens is 508 g/mol. The van der Waals surface area contributed by atoms with Crippen LogP contribution < -0.4 is 19.7 Å².